The fourth-order valence-electron chi connectivity index (χ4n) is 4.31. The third-order valence-corrected chi connectivity index (χ3v) is 5.61. The number of aromatic amines is 1. The van der Waals surface area contributed by atoms with E-state index in [2.05, 4.69) is 10.3 Å². The van der Waals surface area contributed by atoms with Gasteiger partial charge in [0.2, 0.25) is 5.56 Å². The Bertz CT molecular complexity index is 968. The molecule has 2 atom stereocenters. The molecule has 4 nitrogen and oxygen atoms in total. The Hall–Kier alpha value is -2.35. The minimum absolute atomic E-state index is 0.254. The van der Waals surface area contributed by atoms with E-state index in [0.29, 0.717) is 22.4 Å². The Labute approximate surface area is 166 Å². The van der Waals surface area contributed by atoms with Crippen LogP contribution in [-0.4, -0.2) is 27.9 Å². The van der Waals surface area contributed by atoms with Crippen LogP contribution in [0, 0.1) is 12.7 Å². The van der Waals surface area contributed by atoms with Gasteiger partial charge in [0.15, 0.2) is 5.60 Å². The summed E-state index contributed by atoms with van der Waals surface area (Å²) in [5, 5.41) is 13.7. The normalized spacial score (nSPS) is 18.8. The number of aliphatic hydroxyl groups is 1. The Morgan fingerprint density at radius 3 is 2.55 bits per heavy atom. The topological polar surface area (TPSA) is 65.1 Å². The van der Waals surface area contributed by atoms with Crippen molar-refractivity contribution in [2.75, 3.05) is 5.32 Å². The summed E-state index contributed by atoms with van der Waals surface area (Å²) in [6.45, 7) is 4.84. The maximum atomic E-state index is 14.0. The van der Waals surface area contributed by atoms with Crippen molar-refractivity contribution in [1.82, 2.24) is 4.98 Å². The second kappa shape index (κ2) is 7.16. The molecule has 3 rings (SSSR count). The summed E-state index contributed by atoms with van der Waals surface area (Å²) in [7, 11) is 0. The van der Waals surface area contributed by atoms with E-state index in [9.17, 15) is 27.5 Å². The first-order valence-electron chi connectivity index (χ1n) is 9.35. The summed E-state index contributed by atoms with van der Waals surface area (Å²) in [5.41, 5.74) is -2.22. The lowest BCUT2D eigenvalue weighted by atomic mass is 9.71. The van der Waals surface area contributed by atoms with Gasteiger partial charge < -0.3 is 15.4 Å². The van der Waals surface area contributed by atoms with Gasteiger partial charge in [-0.3, -0.25) is 4.79 Å². The fourth-order valence-corrected chi connectivity index (χ4v) is 4.31. The standard InChI is InChI=1S/C21H24F4N2O2/c1-12-4-5-14(22)7-16(12)19(2,3)11-20(29,21(23,24)25)9-15-6-13-10-26-18(28)8-17(13)27-15/h4-5,7-8,10,15,27,29H,6,9,11H2,1-3H3,(H,26,28). The fraction of sp³-hybridized carbons (Fsp3) is 0.476. The predicted molar refractivity (Wildman–Crippen MR) is 103 cm³/mol. The number of aromatic nitrogens is 1. The van der Waals surface area contributed by atoms with Gasteiger partial charge in [0.05, 0.1) is 0 Å². The zero-order valence-electron chi connectivity index (χ0n) is 16.5. The minimum Gasteiger partial charge on any atom is -0.381 e. The highest BCUT2D eigenvalue weighted by Crippen LogP contribution is 2.45. The molecule has 3 N–H and O–H groups in total. The quantitative estimate of drug-likeness (QED) is 0.645. The highest BCUT2D eigenvalue weighted by Gasteiger charge is 2.57. The molecule has 2 aromatic rings. The summed E-state index contributed by atoms with van der Waals surface area (Å²) in [5.74, 6) is -0.535. The zero-order chi connectivity index (χ0) is 21.6. The van der Waals surface area contributed by atoms with Crippen LogP contribution in [0.2, 0.25) is 0 Å². The predicted octanol–water partition coefficient (Wildman–Crippen LogP) is 4.21. The van der Waals surface area contributed by atoms with Crippen molar-refractivity contribution < 1.29 is 22.7 Å². The Balaban J connectivity index is 1.88. The van der Waals surface area contributed by atoms with E-state index < -0.39 is 41.9 Å². The van der Waals surface area contributed by atoms with E-state index in [0.717, 1.165) is 0 Å². The van der Waals surface area contributed by atoms with E-state index in [1.54, 1.807) is 20.8 Å². The molecule has 8 heteroatoms. The highest BCUT2D eigenvalue weighted by molar-refractivity contribution is 5.55. The van der Waals surface area contributed by atoms with Crippen LogP contribution in [0.3, 0.4) is 0 Å². The first-order valence-corrected chi connectivity index (χ1v) is 9.35. The number of hydrogen-bond acceptors (Lipinski definition) is 3. The number of halogens is 4. The SMILES string of the molecule is Cc1ccc(F)cc1C(C)(C)CC(O)(CC1Cc2c[nH]c(=O)cc2N1)C(F)(F)F. The Morgan fingerprint density at radius 1 is 1.21 bits per heavy atom. The summed E-state index contributed by atoms with van der Waals surface area (Å²) < 4.78 is 55.6. The van der Waals surface area contributed by atoms with Gasteiger partial charge in [0, 0.05) is 30.4 Å². The van der Waals surface area contributed by atoms with Crippen LogP contribution < -0.4 is 10.9 Å². The number of aryl methyl sites for hydroxylation is 1. The van der Waals surface area contributed by atoms with E-state index >= 15 is 0 Å². The van der Waals surface area contributed by atoms with Gasteiger partial charge in [-0.05, 0) is 54.0 Å². The van der Waals surface area contributed by atoms with Gasteiger partial charge in [-0.2, -0.15) is 13.2 Å². The van der Waals surface area contributed by atoms with E-state index in [1.807, 2.05) is 0 Å². The average Bonchev–Trinajstić information content (AvgIpc) is 2.96. The molecule has 29 heavy (non-hydrogen) atoms. The molecule has 1 aliphatic heterocycles. The number of benzene rings is 1. The lowest BCUT2D eigenvalue weighted by molar-refractivity contribution is -0.270. The van der Waals surface area contributed by atoms with Crippen LogP contribution in [-0.2, 0) is 11.8 Å². The molecule has 0 spiro atoms. The van der Waals surface area contributed by atoms with E-state index in [-0.39, 0.29) is 12.0 Å². The monoisotopic (exact) mass is 412 g/mol. The summed E-state index contributed by atoms with van der Waals surface area (Å²) >= 11 is 0. The largest absolute Gasteiger partial charge is 0.417 e. The van der Waals surface area contributed by atoms with Crippen molar-refractivity contribution in [1.29, 1.82) is 0 Å². The van der Waals surface area contributed by atoms with Crippen molar-refractivity contribution in [3.63, 3.8) is 0 Å². The van der Waals surface area contributed by atoms with Crippen molar-refractivity contribution >= 4 is 5.69 Å². The van der Waals surface area contributed by atoms with Crippen LogP contribution in [0.1, 0.15) is 43.4 Å². The average molecular weight is 412 g/mol. The van der Waals surface area contributed by atoms with Crippen LogP contribution in [0.25, 0.3) is 0 Å². The molecule has 0 saturated heterocycles. The van der Waals surface area contributed by atoms with Crippen molar-refractivity contribution in [3.05, 3.63) is 63.3 Å². The number of pyridine rings is 1. The molecule has 0 aliphatic carbocycles. The third kappa shape index (κ3) is 4.32. The van der Waals surface area contributed by atoms with Crippen LogP contribution >= 0.6 is 0 Å². The Kier molecular flexibility index (Phi) is 5.28. The molecule has 1 aromatic heterocycles. The molecule has 0 bridgehead atoms. The van der Waals surface area contributed by atoms with Gasteiger partial charge in [-0.15, -0.1) is 0 Å². The molecule has 158 valence electrons. The summed E-state index contributed by atoms with van der Waals surface area (Å²) in [6, 6.07) is 4.61. The second-order valence-electron chi connectivity index (χ2n) is 8.53. The lowest BCUT2D eigenvalue weighted by Crippen LogP contribution is -2.52. The van der Waals surface area contributed by atoms with Gasteiger partial charge in [-0.25, -0.2) is 4.39 Å². The smallest absolute Gasteiger partial charge is 0.381 e. The van der Waals surface area contributed by atoms with Gasteiger partial charge in [0.25, 0.3) is 0 Å². The summed E-state index contributed by atoms with van der Waals surface area (Å²) in [4.78, 5) is 13.9. The van der Waals surface area contributed by atoms with Crippen molar-refractivity contribution in [2.45, 2.75) is 63.3 Å². The number of fused-ring (bicyclic) bond motifs is 1. The second-order valence-corrected chi connectivity index (χ2v) is 8.53. The lowest BCUT2D eigenvalue weighted by Gasteiger charge is -2.40. The molecule has 1 aromatic carbocycles. The number of rotatable bonds is 5. The van der Waals surface area contributed by atoms with Crippen LogP contribution in [0.5, 0.6) is 0 Å². The van der Waals surface area contributed by atoms with Crippen LogP contribution in [0.15, 0.2) is 35.3 Å². The molecule has 0 fully saturated rings. The van der Waals surface area contributed by atoms with Gasteiger partial charge in [-0.1, -0.05) is 19.9 Å². The molecule has 2 unspecified atom stereocenters. The minimum atomic E-state index is -4.88. The first kappa shape index (κ1) is 21.4. The van der Waals surface area contributed by atoms with Gasteiger partial charge >= 0.3 is 6.18 Å². The third-order valence-electron chi connectivity index (χ3n) is 5.61. The molecule has 1 aliphatic rings. The molecular weight excluding hydrogens is 388 g/mol. The molecule has 2 heterocycles. The number of anilines is 1. The molecule has 0 radical (unpaired) electrons. The van der Waals surface area contributed by atoms with Crippen molar-refractivity contribution in [3.8, 4) is 0 Å². The zero-order valence-corrected chi connectivity index (χ0v) is 16.5. The Morgan fingerprint density at radius 2 is 1.90 bits per heavy atom. The number of H-pyrrole nitrogens is 1. The molecule has 0 amide bonds. The van der Waals surface area contributed by atoms with Crippen molar-refractivity contribution in [2.24, 2.45) is 0 Å². The number of alkyl halides is 3. The highest BCUT2D eigenvalue weighted by atomic mass is 19.4. The van der Waals surface area contributed by atoms with Crippen LogP contribution in [0.4, 0.5) is 23.2 Å². The maximum Gasteiger partial charge on any atom is 0.417 e. The first-order chi connectivity index (χ1) is 13.3. The summed E-state index contributed by atoms with van der Waals surface area (Å²) in [6.07, 6.45) is -4.36. The van der Waals surface area contributed by atoms with Gasteiger partial charge in [0.1, 0.15) is 5.82 Å². The molecular formula is C21H24F4N2O2. The van der Waals surface area contributed by atoms with E-state index in [4.69, 9.17) is 0 Å². The molecule has 0 saturated carbocycles. The van der Waals surface area contributed by atoms with E-state index in [1.165, 1.54) is 30.5 Å². The number of hydrogen-bond donors (Lipinski definition) is 3. The number of nitrogens with one attached hydrogen (secondary N) is 2. The maximum absolute atomic E-state index is 14.0.